The molecule has 0 saturated heterocycles. The molecule has 4 aliphatic carbocycles. The van der Waals surface area contributed by atoms with Gasteiger partial charge in [-0.1, -0.05) is 32.1 Å². The first-order valence-corrected chi connectivity index (χ1v) is 8.93. The summed E-state index contributed by atoms with van der Waals surface area (Å²) < 4.78 is 0. The van der Waals surface area contributed by atoms with E-state index < -0.39 is 0 Å². The van der Waals surface area contributed by atoms with Crippen molar-refractivity contribution in [2.75, 3.05) is 0 Å². The molecule has 21 heavy (non-hydrogen) atoms. The van der Waals surface area contributed by atoms with Crippen LogP contribution < -0.4 is 0 Å². The minimum absolute atomic E-state index is 0.433. The molecular weight excluding hydrogens is 252 g/mol. The second kappa shape index (κ2) is 4.52. The van der Waals surface area contributed by atoms with Crippen LogP contribution in [0.3, 0.4) is 0 Å². The van der Waals surface area contributed by atoms with Crippen molar-refractivity contribution in [2.24, 2.45) is 34.5 Å². The van der Waals surface area contributed by atoms with Crippen molar-refractivity contribution < 1.29 is 0 Å². The van der Waals surface area contributed by atoms with Crippen LogP contribution in [0, 0.1) is 46.8 Å². The van der Waals surface area contributed by atoms with Crippen LogP contribution in [0.1, 0.15) is 58.8 Å². The van der Waals surface area contributed by atoms with Crippen molar-refractivity contribution >= 4 is 0 Å². The fraction of sp³-hybridized carbons (Fsp3) is 0.714. The summed E-state index contributed by atoms with van der Waals surface area (Å²) in [7, 11) is 0. The zero-order valence-corrected chi connectivity index (χ0v) is 13.6. The highest BCUT2D eigenvalue weighted by atomic mass is 14.6. The Morgan fingerprint density at radius 3 is 2.81 bits per heavy atom. The van der Waals surface area contributed by atoms with Crippen LogP contribution in [0.25, 0.3) is 0 Å². The molecule has 2 fully saturated rings. The van der Waals surface area contributed by atoms with Gasteiger partial charge in [-0.05, 0) is 79.1 Å². The molecule has 0 aromatic heterocycles. The highest BCUT2D eigenvalue weighted by Gasteiger charge is 2.57. The fourth-order valence-electron chi connectivity index (χ4n) is 6.57. The number of rotatable bonds is 0. The van der Waals surface area contributed by atoms with E-state index in [1.165, 1.54) is 44.9 Å². The number of hydrogen-bond acceptors (Lipinski definition) is 0. The normalized spacial score (nSPS) is 51.4. The third kappa shape index (κ3) is 1.70. The van der Waals surface area contributed by atoms with E-state index in [0.29, 0.717) is 16.7 Å². The Hall–Kier alpha value is -0.960. The molecule has 0 nitrogen and oxygen atoms in total. The Morgan fingerprint density at radius 2 is 2.00 bits per heavy atom. The lowest BCUT2D eigenvalue weighted by atomic mass is 9.48. The maximum atomic E-state index is 5.86. The maximum Gasteiger partial charge on any atom is 0.0256 e. The van der Waals surface area contributed by atoms with Gasteiger partial charge in [0.25, 0.3) is 0 Å². The molecule has 6 atom stereocenters. The Morgan fingerprint density at radius 1 is 1.14 bits per heavy atom. The maximum absolute atomic E-state index is 5.86. The van der Waals surface area contributed by atoms with Crippen molar-refractivity contribution in [3.05, 3.63) is 23.8 Å². The highest BCUT2D eigenvalue weighted by molar-refractivity contribution is 5.34. The summed E-state index contributed by atoms with van der Waals surface area (Å²) in [6.45, 7) is 5.06. The molecule has 0 heterocycles. The molecule has 0 aliphatic heterocycles. The number of fused-ring (bicyclic) bond motifs is 5. The topological polar surface area (TPSA) is 0 Å². The highest BCUT2D eigenvalue weighted by Crippen LogP contribution is 2.65. The molecule has 2 saturated carbocycles. The minimum Gasteiger partial charge on any atom is -0.120 e. The van der Waals surface area contributed by atoms with Crippen LogP contribution >= 0.6 is 0 Å². The summed E-state index contributed by atoms with van der Waals surface area (Å²) in [5, 5.41) is 0. The number of allylic oxidation sites excluding steroid dienone is 4. The zero-order valence-electron chi connectivity index (χ0n) is 13.6. The van der Waals surface area contributed by atoms with Crippen molar-refractivity contribution in [3.63, 3.8) is 0 Å². The standard InChI is InChI=1S/C21H28/c1-4-15-9-11-18-17-10-8-16-7-5-6-13-20(16,2)19(17)12-14-21(15,18)3/h1,5,7-8,15,17-19H,6,9-14H2,2-3H3/t15-,17+,18+,19+,20+,21-/m1/s1. The Bertz CT molecular complexity index is 545. The molecule has 0 amide bonds. The molecule has 0 spiro atoms. The molecular formula is C21H28. The first kappa shape index (κ1) is 13.7. The zero-order chi connectivity index (χ0) is 14.7. The Balaban J connectivity index is 1.71. The summed E-state index contributed by atoms with van der Waals surface area (Å²) in [6.07, 6.45) is 22.6. The molecule has 0 unspecified atom stereocenters. The number of hydrogen-bond donors (Lipinski definition) is 0. The summed E-state index contributed by atoms with van der Waals surface area (Å²) in [6, 6.07) is 0. The average Bonchev–Trinajstić information content (AvgIpc) is 2.83. The van der Waals surface area contributed by atoms with Crippen molar-refractivity contribution in [3.8, 4) is 12.3 Å². The molecule has 0 N–H and O–H groups in total. The fourth-order valence-corrected chi connectivity index (χ4v) is 6.57. The van der Waals surface area contributed by atoms with E-state index >= 15 is 0 Å². The van der Waals surface area contributed by atoms with Crippen LogP contribution in [0.4, 0.5) is 0 Å². The quantitative estimate of drug-likeness (QED) is 0.524. The van der Waals surface area contributed by atoms with Gasteiger partial charge in [-0.25, -0.2) is 0 Å². The monoisotopic (exact) mass is 280 g/mol. The predicted octanol–water partition coefficient (Wildman–Crippen LogP) is 5.36. The van der Waals surface area contributed by atoms with Gasteiger partial charge in [0.15, 0.2) is 0 Å². The van der Waals surface area contributed by atoms with E-state index in [-0.39, 0.29) is 0 Å². The summed E-state index contributed by atoms with van der Waals surface area (Å²) in [5.74, 6) is 6.34. The van der Waals surface area contributed by atoms with Gasteiger partial charge in [0.05, 0.1) is 0 Å². The van der Waals surface area contributed by atoms with E-state index in [2.05, 4.69) is 38.0 Å². The van der Waals surface area contributed by atoms with Crippen LogP contribution in [-0.2, 0) is 0 Å². The summed E-state index contributed by atoms with van der Waals surface area (Å²) >= 11 is 0. The third-order valence-corrected chi connectivity index (χ3v) is 7.85. The van der Waals surface area contributed by atoms with E-state index in [4.69, 9.17) is 6.42 Å². The van der Waals surface area contributed by atoms with Gasteiger partial charge in [0, 0.05) is 5.92 Å². The molecule has 0 aromatic rings. The SMILES string of the molecule is C#C[C@@H]1CC[C@H]2[C@@H]3CC=C4C=CCC[C@]4(C)[C@H]3CC[C@]12C. The molecule has 4 rings (SSSR count). The second-order valence-corrected chi connectivity index (χ2v) is 8.47. The Labute approximate surface area is 130 Å². The van der Waals surface area contributed by atoms with Gasteiger partial charge in [-0.15, -0.1) is 12.3 Å². The van der Waals surface area contributed by atoms with Crippen molar-refractivity contribution in [2.45, 2.75) is 58.8 Å². The van der Waals surface area contributed by atoms with Gasteiger partial charge < -0.3 is 0 Å². The predicted molar refractivity (Wildman–Crippen MR) is 88.5 cm³/mol. The molecule has 0 heteroatoms. The third-order valence-electron chi connectivity index (χ3n) is 7.85. The largest absolute Gasteiger partial charge is 0.120 e. The van der Waals surface area contributed by atoms with Gasteiger partial charge >= 0.3 is 0 Å². The lowest BCUT2D eigenvalue weighted by Gasteiger charge is -2.56. The van der Waals surface area contributed by atoms with Gasteiger partial charge in [0.2, 0.25) is 0 Å². The molecule has 112 valence electrons. The lowest BCUT2D eigenvalue weighted by molar-refractivity contribution is -0.0272. The lowest BCUT2D eigenvalue weighted by Crippen LogP contribution is -2.48. The molecule has 4 aliphatic rings. The van der Waals surface area contributed by atoms with Crippen LogP contribution in [0.5, 0.6) is 0 Å². The first-order chi connectivity index (χ1) is 10.1. The average molecular weight is 280 g/mol. The summed E-state index contributed by atoms with van der Waals surface area (Å²) in [4.78, 5) is 0. The summed E-state index contributed by atoms with van der Waals surface area (Å²) in [5.41, 5.74) is 2.53. The van der Waals surface area contributed by atoms with Crippen molar-refractivity contribution in [1.82, 2.24) is 0 Å². The van der Waals surface area contributed by atoms with E-state index in [1.54, 1.807) is 5.57 Å². The Kier molecular flexibility index (Phi) is 2.94. The van der Waals surface area contributed by atoms with E-state index in [1.807, 2.05) is 0 Å². The van der Waals surface area contributed by atoms with Gasteiger partial charge in [0.1, 0.15) is 0 Å². The van der Waals surface area contributed by atoms with Crippen LogP contribution in [0.15, 0.2) is 23.8 Å². The van der Waals surface area contributed by atoms with Gasteiger partial charge in [-0.3, -0.25) is 0 Å². The van der Waals surface area contributed by atoms with E-state index in [9.17, 15) is 0 Å². The molecule has 0 aromatic carbocycles. The van der Waals surface area contributed by atoms with Crippen LogP contribution in [-0.4, -0.2) is 0 Å². The smallest absolute Gasteiger partial charge is 0.0256 e. The van der Waals surface area contributed by atoms with Crippen molar-refractivity contribution in [1.29, 1.82) is 0 Å². The molecule has 0 radical (unpaired) electrons. The minimum atomic E-state index is 0.433. The number of terminal acetylenes is 1. The van der Waals surface area contributed by atoms with E-state index in [0.717, 1.165) is 17.8 Å². The molecule has 0 bridgehead atoms. The second-order valence-electron chi connectivity index (χ2n) is 8.47. The van der Waals surface area contributed by atoms with Gasteiger partial charge in [-0.2, -0.15) is 0 Å². The first-order valence-electron chi connectivity index (χ1n) is 8.93. The van der Waals surface area contributed by atoms with Crippen LogP contribution in [0.2, 0.25) is 0 Å².